The molecule has 1 aliphatic heterocycles. The lowest BCUT2D eigenvalue weighted by Crippen LogP contribution is -2.35. The normalized spacial score (nSPS) is 17.9. The molecule has 3 rings (SSSR count). The molecule has 0 atom stereocenters. The topological polar surface area (TPSA) is 50.3 Å². The van der Waals surface area contributed by atoms with E-state index in [1.165, 1.54) is 0 Å². The molecule has 1 aromatic carbocycles. The van der Waals surface area contributed by atoms with Gasteiger partial charge >= 0.3 is 0 Å². The number of hydrogen-bond acceptors (Lipinski definition) is 4. The molecule has 2 aromatic rings. The number of aromatic nitrogens is 1. The van der Waals surface area contributed by atoms with Crippen LogP contribution in [0.1, 0.15) is 24.3 Å². The van der Waals surface area contributed by atoms with Gasteiger partial charge in [0.05, 0.1) is 20.1 Å². The van der Waals surface area contributed by atoms with Crippen molar-refractivity contribution in [3.8, 4) is 0 Å². The van der Waals surface area contributed by atoms with Crippen LogP contribution in [0.3, 0.4) is 0 Å². The van der Waals surface area contributed by atoms with Gasteiger partial charge in [-0.3, -0.25) is 0 Å². The maximum atomic E-state index is 12.5. The first-order valence-corrected chi connectivity index (χ1v) is 8.70. The molecule has 0 radical (unpaired) electrons. The first-order chi connectivity index (χ1) is 9.07. The highest BCUT2D eigenvalue weighted by atomic mass is 32.2. The van der Waals surface area contributed by atoms with Crippen LogP contribution in [-0.2, 0) is 10.0 Å². The van der Waals surface area contributed by atoms with Crippen molar-refractivity contribution in [2.24, 2.45) is 0 Å². The molecule has 4 nitrogen and oxygen atoms in total. The second-order valence-electron chi connectivity index (χ2n) is 4.83. The van der Waals surface area contributed by atoms with E-state index < -0.39 is 10.0 Å². The molecule has 1 saturated heterocycles. The Bertz CT molecular complexity index is 701. The van der Waals surface area contributed by atoms with Gasteiger partial charge in [-0.1, -0.05) is 6.42 Å². The molecule has 6 heteroatoms. The Hall–Kier alpha value is -0.980. The summed E-state index contributed by atoms with van der Waals surface area (Å²) in [5, 5.41) is 0.961. The smallest absolute Gasteiger partial charge is 0.241 e. The summed E-state index contributed by atoms with van der Waals surface area (Å²) in [6.07, 6.45) is 3.03. The second-order valence-corrected chi connectivity index (χ2v) is 8.00. The van der Waals surface area contributed by atoms with Crippen LogP contribution in [-0.4, -0.2) is 30.8 Å². The summed E-state index contributed by atoms with van der Waals surface area (Å²) >= 11 is 1.59. The van der Waals surface area contributed by atoms with Crippen LogP contribution in [0.25, 0.3) is 10.2 Å². The van der Waals surface area contributed by atoms with Crippen molar-refractivity contribution in [3.63, 3.8) is 0 Å². The zero-order valence-corrected chi connectivity index (χ0v) is 12.4. The number of thiazole rings is 1. The van der Waals surface area contributed by atoms with Crippen LogP contribution in [0.2, 0.25) is 0 Å². The summed E-state index contributed by atoms with van der Waals surface area (Å²) in [7, 11) is -3.35. The van der Waals surface area contributed by atoms with Crippen molar-refractivity contribution >= 4 is 31.6 Å². The summed E-state index contributed by atoms with van der Waals surface area (Å²) in [6, 6.07) is 5.25. The molecule has 0 saturated carbocycles. The average molecular weight is 296 g/mol. The van der Waals surface area contributed by atoms with Crippen LogP contribution in [0.4, 0.5) is 0 Å². The van der Waals surface area contributed by atoms with Gasteiger partial charge in [0.1, 0.15) is 0 Å². The van der Waals surface area contributed by atoms with Crippen molar-refractivity contribution < 1.29 is 8.42 Å². The van der Waals surface area contributed by atoms with E-state index in [0.717, 1.165) is 34.5 Å². The van der Waals surface area contributed by atoms with E-state index in [-0.39, 0.29) is 0 Å². The van der Waals surface area contributed by atoms with Crippen molar-refractivity contribution in [1.82, 2.24) is 9.29 Å². The fourth-order valence-electron chi connectivity index (χ4n) is 2.44. The largest absolute Gasteiger partial charge is 0.243 e. The molecular weight excluding hydrogens is 280 g/mol. The molecule has 1 aromatic heterocycles. The van der Waals surface area contributed by atoms with Gasteiger partial charge in [0.15, 0.2) is 0 Å². The van der Waals surface area contributed by atoms with Crippen molar-refractivity contribution in [2.75, 3.05) is 13.1 Å². The minimum Gasteiger partial charge on any atom is -0.241 e. The van der Waals surface area contributed by atoms with Gasteiger partial charge < -0.3 is 0 Å². The summed E-state index contributed by atoms with van der Waals surface area (Å²) in [5.41, 5.74) is 0.778. The van der Waals surface area contributed by atoms with Gasteiger partial charge in [-0.05, 0) is 38.0 Å². The number of fused-ring (bicyclic) bond motifs is 1. The number of hydrogen-bond donors (Lipinski definition) is 0. The third kappa shape index (κ3) is 2.40. The Kier molecular flexibility index (Phi) is 3.32. The molecule has 0 bridgehead atoms. The van der Waals surface area contributed by atoms with E-state index in [0.29, 0.717) is 18.0 Å². The number of piperidine rings is 1. The monoisotopic (exact) mass is 296 g/mol. The minimum atomic E-state index is -3.35. The van der Waals surface area contributed by atoms with Crippen LogP contribution in [0.15, 0.2) is 23.1 Å². The number of aryl methyl sites for hydroxylation is 1. The van der Waals surface area contributed by atoms with Crippen molar-refractivity contribution in [1.29, 1.82) is 0 Å². The second kappa shape index (κ2) is 4.85. The lowest BCUT2D eigenvalue weighted by molar-refractivity contribution is 0.346. The lowest BCUT2D eigenvalue weighted by Gasteiger charge is -2.25. The highest BCUT2D eigenvalue weighted by Gasteiger charge is 2.26. The predicted molar refractivity (Wildman–Crippen MR) is 77.0 cm³/mol. The van der Waals surface area contributed by atoms with Crippen LogP contribution >= 0.6 is 11.3 Å². The highest BCUT2D eigenvalue weighted by molar-refractivity contribution is 7.89. The van der Waals surface area contributed by atoms with Gasteiger partial charge in [-0.2, -0.15) is 4.31 Å². The first kappa shape index (κ1) is 13.0. The molecule has 0 spiro atoms. The van der Waals surface area contributed by atoms with Gasteiger partial charge in [-0.25, -0.2) is 13.4 Å². The maximum absolute atomic E-state index is 12.5. The molecule has 0 aliphatic carbocycles. The Morgan fingerprint density at radius 2 is 1.95 bits per heavy atom. The SMILES string of the molecule is Cc1nc2cc(S(=O)(=O)N3CCCCC3)ccc2s1. The molecule has 0 amide bonds. The van der Waals surface area contributed by atoms with E-state index in [9.17, 15) is 8.42 Å². The van der Waals surface area contributed by atoms with Gasteiger partial charge in [0.2, 0.25) is 10.0 Å². The third-order valence-corrected chi connectivity index (χ3v) is 6.27. The molecule has 1 aliphatic rings. The lowest BCUT2D eigenvalue weighted by atomic mass is 10.2. The van der Waals surface area contributed by atoms with E-state index >= 15 is 0 Å². The standard InChI is InChI=1S/C13H16N2O2S2/c1-10-14-12-9-11(5-6-13(12)18-10)19(16,17)15-7-3-2-4-8-15/h5-6,9H,2-4,7-8H2,1H3. The molecule has 0 unspecified atom stereocenters. The minimum absolute atomic E-state index is 0.368. The first-order valence-electron chi connectivity index (χ1n) is 6.45. The number of rotatable bonds is 2. The van der Waals surface area contributed by atoms with Gasteiger partial charge in [0, 0.05) is 13.1 Å². The molecule has 0 N–H and O–H groups in total. The average Bonchev–Trinajstić information content (AvgIpc) is 2.78. The molecule has 2 heterocycles. The van der Waals surface area contributed by atoms with E-state index in [1.807, 2.05) is 13.0 Å². The van der Waals surface area contributed by atoms with Gasteiger partial charge in [0.25, 0.3) is 0 Å². The Balaban J connectivity index is 2.02. The van der Waals surface area contributed by atoms with Crippen molar-refractivity contribution in [3.05, 3.63) is 23.2 Å². The van der Waals surface area contributed by atoms with Gasteiger partial charge in [-0.15, -0.1) is 11.3 Å². The third-order valence-electron chi connectivity index (χ3n) is 3.42. The van der Waals surface area contributed by atoms with E-state index in [2.05, 4.69) is 4.98 Å². The zero-order valence-electron chi connectivity index (χ0n) is 10.8. The molecule has 1 fully saturated rings. The zero-order chi connectivity index (χ0) is 13.5. The van der Waals surface area contributed by atoms with E-state index in [1.54, 1.807) is 27.8 Å². The Morgan fingerprint density at radius 3 is 2.68 bits per heavy atom. The number of nitrogens with zero attached hydrogens (tertiary/aromatic N) is 2. The number of sulfonamides is 1. The molecule has 19 heavy (non-hydrogen) atoms. The Labute approximate surface area is 117 Å². The quantitative estimate of drug-likeness (QED) is 0.856. The van der Waals surface area contributed by atoms with E-state index in [4.69, 9.17) is 0 Å². The van der Waals surface area contributed by atoms with Crippen LogP contribution < -0.4 is 0 Å². The predicted octanol–water partition coefficient (Wildman–Crippen LogP) is 2.78. The summed E-state index contributed by atoms with van der Waals surface area (Å²) in [4.78, 5) is 4.74. The maximum Gasteiger partial charge on any atom is 0.243 e. The highest BCUT2D eigenvalue weighted by Crippen LogP contribution is 2.27. The van der Waals surface area contributed by atoms with Crippen LogP contribution in [0, 0.1) is 6.92 Å². The van der Waals surface area contributed by atoms with Crippen LogP contribution in [0.5, 0.6) is 0 Å². The fraction of sp³-hybridized carbons (Fsp3) is 0.462. The number of benzene rings is 1. The summed E-state index contributed by atoms with van der Waals surface area (Å²) < 4.78 is 27.7. The summed E-state index contributed by atoms with van der Waals surface area (Å²) in [6.45, 7) is 3.20. The molecular formula is C13H16N2O2S2. The fourth-order valence-corrected chi connectivity index (χ4v) is 4.78. The summed E-state index contributed by atoms with van der Waals surface area (Å²) in [5.74, 6) is 0. The molecule has 102 valence electrons. The Morgan fingerprint density at radius 1 is 1.21 bits per heavy atom. The van der Waals surface area contributed by atoms with Crippen molar-refractivity contribution in [2.45, 2.75) is 31.1 Å².